The van der Waals surface area contributed by atoms with Gasteiger partial charge in [0.05, 0.1) is 11.1 Å². The Bertz CT molecular complexity index is 467. The van der Waals surface area contributed by atoms with Gasteiger partial charge in [0.1, 0.15) is 5.75 Å². The number of benzene rings is 1. The molecule has 2 rings (SSSR count). The van der Waals surface area contributed by atoms with E-state index in [1.54, 1.807) is 6.07 Å². The summed E-state index contributed by atoms with van der Waals surface area (Å²) in [4.78, 5) is 11.8. The Morgan fingerprint density at radius 2 is 2.12 bits per heavy atom. The molecule has 0 aliphatic carbocycles. The fraction of sp³-hybridized carbons (Fsp3) is 0.462. The Balaban J connectivity index is 2.46. The summed E-state index contributed by atoms with van der Waals surface area (Å²) in [5.74, 6) is 0.106. The molecule has 92 valence electrons. The van der Waals surface area contributed by atoms with Crippen LogP contribution in [-0.2, 0) is 10.2 Å². The number of carbonyl (C=O) groups is 1. The fourth-order valence-corrected chi connectivity index (χ4v) is 2.12. The molecule has 1 aromatic carbocycles. The Kier molecular flexibility index (Phi) is 2.73. The summed E-state index contributed by atoms with van der Waals surface area (Å²) in [7, 11) is 0. The number of phenolic OH excluding ortho intramolecular Hbond substituents is 1. The van der Waals surface area contributed by atoms with E-state index >= 15 is 0 Å². The van der Waals surface area contributed by atoms with Gasteiger partial charge in [-0.05, 0) is 32.4 Å². The summed E-state index contributed by atoms with van der Waals surface area (Å²) in [6, 6.07) is 3.63. The number of aromatic hydroxyl groups is 1. The zero-order valence-corrected chi connectivity index (χ0v) is 10.4. The quantitative estimate of drug-likeness (QED) is 0.704. The van der Waals surface area contributed by atoms with Gasteiger partial charge in [-0.2, -0.15) is 0 Å². The minimum absolute atomic E-state index is 0.0737. The fourth-order valence-electron chi connectivity index (χ4n) is 2.12. The van der Waals surface area contributed by atoms with Crippen LogP contribution in [0.5, 0.6) is 5.75 Å². The molecule has 0 spiro atoms. The molecule has 1 aliphatic heterocycles. The summed E-state index contributed by atoms with van der Waals surface area (Å²) in [5.41, 5.74) is 1.40. The molecule has 4 nitrogen and oxygen atoms in total. The molecule has 0 bridgehead atoms. The summed E-state index contributed by atoms with van der Waals surface area (Å²) >= 11 is 0. The molecule has 0 saturated carbocycles. The van der Waals surface area contributed by atoms with Gasteiger partial charge in [0.25, 0.3) is 0 Å². The SMILES string of the molecule is CCCNc1ccc2c(c1O)C(C)(C)C(=O)N2. The van der Waals surface area contributed by atoms with Crippen molar-refractivity contribution >= 4 is 17.3 Å². The number of amides is 1. The monoisotopic (exact) mass is 234 g/mol. The molecule has 1 heterocycles. The van der Waals surface area contributed by atoms with Crippen molar-refractivity contribution in [1.82, 2.24) is 0 Å². The average Bonchev–Trinajstić information content (AvgIpc) is 2.50. The highest BCUT2D eigenvalue weighted by molar-refractivity contribution is 6.07. The molecule has 17 heavy (non-hydrogen) atoms. The normalized spacial score (nSPS) is 16.5. The van der Waals surface area contributed by atoms with Crippen LogP contribution in [0, 0.1) is 0 Å². The molecule has 0 saturated heterocycles. The van der Waals surface area contributed by atoms with E-state index in [2.05, 4.69) is 17.6 Å². The third-order valence-corrected chi connectivity index (χ3v) is 3.18. The van der Waals surface area contributed by atoms with Crippen LogP contribution in [0.4, 0.5) is 11.4 Å². The zero-order chi connectivity index (χ0) is 12.6. The van der Waals surface area contributed by atoms with Crippen LogP contribution in [0.25, 0.3) is 0 Å². The van der Waals surface area contributed by atoms with Crippen molar-refractivity contribution in [3.8, 4) is 5.75 Å². The van der Waals surface area contributed by atoms with Crippen LogP contribution in [0.2, 0.25) is 0 Å². The van der Waals surface area contributed by atoms with Crippen LogP contribution in [-0.4, -0.2) is 17.6 Å². The van der Waals surface area contributed by atoms with E-state index in [1.165, 1.54) is 0 Å². The molecule has 0 radical (unpaired) electrons. The van der Waals surface area contributed by atoms with Crippen molar-refractivity contribution in [3.63, 3.8) is 0 Å². The highest BCUT2D eigenvalue weighted by atomic mass is 16.3. The van der Waals surface area contributed by atoms with E-state index in [0.717, 1.165) is 13.0 Å². The highest BCUT2D eigenvalue weighted by Crippen LogP contribution is 2.46. The van der Waals surface area contributed by atoms with Crippen molar-refractivity contribution in [3.05, 3.63) is 17.7 Å². The second-order valence-electron chi connectivity index (χ2n) is 4.89. The predicted molar refractivity (Wildman–Crippen MR) is 68.5 cm³/mol. The van der Waals surface area contributed by atoms with Crippen molar-refractivity contribution in [2.75, 3.05) is 17.2 Å². The number of hydrogen-bond donors (Lipinski definition) is 3. The lowest BCUT2D eigenvalue weighted by molar-refractivity contribution is -0.119. The molecule has 0 unspecified atom stereocenters. The standard InChI is InChI=1S/C13H18N2O2/c1-4-7-14-9-6-5-8-10(11(9)16)13(2,3)12(17)15-8/h5-6,14,16H,4,7H2,1-3H3,(H,15,17). The van der Waals surface area contributed by atoms with Gasteiger partial charge in [0.15, 0.2) is 0 Å². The predicted octanol–water partition coefficient (Wildman–Crippen LogP) is 2.44. The van der Waals surface area contributed by atoms with Gasteiger partial charge in [-0.1, -0.05) is 6.92 Å². The maximum Gasteiger partial charge on any atom is 0.234 e. The van der Waals surface area contributed by atoms with Crippen molar-refractivity contribution < 1.29 is 9.90 Å². The number of nitrogens with one attached hydrogen (secondary N) is 2. The molecule has 1 amide bonds. The third-order valence-electron chi connectivity index (χ3n) is 3.18. The van der Waals surface area contributed by atoms with E-state index in [1.807, 2.05) is 19.9 Å². The van der Waals surface area contributed by atoms with E-state index in [4.69, 9.17) is 0 Å². The zero-order valence-electron chi connectivity index (χ0n) is 10.4. The second-order valence-corrected chi connectivity index (χ2v) is 4.89. The number of hydrogen-bond acceptors (Lipinski definition) is 3. The molecular weight excluding hydrogens is 216 g/mol. The molecule has 0 fully saturated rings. The first-order chi connectivity index (χ1) is 7.98. The van der Waals surface area contributed by atoms with Gasteiger partial charge in [-0.15, -0.1) is 0 Å². The van der Waals surface area contributed by atoms with Gasteiger partial charge in [0.2, 0.25) is 5.91 Å². The molecule has 3 N–H and O–H groups in total. The van der Waals surface area contributed by atoms with Crippen LogP contribution in [0.15, 0.2) is 12.1 Å². The first-order valence-corrected chi connectivity index (χ1v) is 5.90. The number of anilines is 2. The molecule has 4 heteroatoms. The molecule has 0 atom stereocenters. The summed E-state index contributed by atoms with van der Waals surface area (Å²) < 4.78 is 0. The maximum atomic E-state index is 11.8. The average molecular weight is 234 g/mol. The minimum Gasteiger partial charge on any atom is -0.505 e. The summed E-state index contributed by atoms with van der Waals surface area (Å²) in [6.45, 7) is 6.50. The van der Waals surface area contributed by atoms with Crippen molar-refractivity contribution in [1.29, 1.82) is 0 Å². The van der Waals surface area contributed by atoms with E-state index in [9.17, 15) is 9.90 Å². The largest absolute Gasteiger partial charge is 0.505 e. The lowest BCUT2D eigenvalue weighted by atomic mass is 9.85. The number of fused-ring (bicyclic) bond motifs is 1. The molecule has 1 aliphatic rings. The van der Waals surface area contributed by atoms with E-state index in [-0.39, 0.29) is 11.7 Å². The third kappa shape index (κ3) is 1.73. The van der Waals surface area contributed by atoms with Crippen LogP contribution >= 0.6 is 0 Å². The van der Waals surface area contributed by atoms with Gasteiger partial charge in [0, 0.05) is 17.8 Å². The summed E-state index contributed by atoms with van der Waals surface area (Å²) in [6.07, 6.45) is 0.983. The van der Waals surface area contributed by atoms with Crippen LogP contribution < -0.4 is 10.6 Å². The Hall–Kier alpha value is -1.71. The van der Waals surface area contributed by atoms with E-state index < -0.39 is 5.41 Å². The first kappa shape index (κ1) is 11.8. The molecule has 1 aromatic rings. The van der Waals surface area contributed by atoms with Gasteiger partial charge in [-0.3, -0.25) is 4.79 Å². The number of phenols is 1. The lowest BCUT2D eigenvalue weighted by Gasteiger charge is -2.18. The Labute approximate surface area is 101 Å². The van der Waals surface area contributed by atoms with Gasteiger partial charge >= 0.3 is 0 Å². The second kappa shape index (κ2) is 3.95. The van der Waals surface area contributed by atoms with Crippen LogP contribution in [0.3, 0.4) is 0 Å². The van der Waals surface area contributed by atoms with Crippen LogP contribution in [0.1, 0.15) is 32.8 Å². The number of rotatable bonds is 3. The molecular formula is C13H18N2O2. The van der Waals surface area contributed by atoms with Gasteiger partial charge < -0.3 is 15.7 Å². The highest BCUT2D eigenvalue weighted by Gasteiger charge is 2.41. The van der Waals surface area contributed by atoms with Crippen molar-refractivity contribution in [2.45, 2.75) is 32.6 Å². The minimum atomic E-state index is -0.677. The Morgan fingerprint density at radius 1 is 1.41 bits per heavy atom. The Morgan fingerprint density at radius 3 is 2.76 bits per heavy atom. The first-order valence-electron chi connectivity index (χ1n) is 5.90. The number of carbonyl (C=O) groups excluding carboxylic acids is 1. The van der Waals surface area contributed by atoms with E-state index in [0.29, 0.717) is 16.9 Å². The maximum absolute atomic E-state index is 11.8. The molecule has 0 aromatic heterocycles. The smallest absolute Gasteiger partial charge is 0.234 e. The lowest BCUT2D eigenvalue weighted by Crippen LogP contribution is -2.27. The summed E-state index contributed by atoms with van der Waals surface area (Å²) in [5, 5.41) is 16.2. The topological polar surface area (TPSA) is 61.4 Å². The van der Waals surface area contributed by atoms with Gasteiger partial charge in [-0.25, -0.2) is 0 Å². The van der Waals surface area contributed by atoms with Crippen molar-refractivity contribution in [2.24, 2.45) is 0 Å².